The molecule has 0 aliphatic rings. The zero-order chi connectivity index (χ0) is 14.7. The van der Waals surface area contributed by atoms with Crippen molar-refractivity contribution in [1.82, 2.24) is 20.3 Å². The van der Waals surface area contributed by atoms with Gasteiger partial charge in [0.1, 0.15) is 5.75 Å². The lowest BCUT2D eigenvalue weighted by Gasteiger charge is -2.21. The van der Waals surface area contributed by atoms with Gasteiger partial charge < -0.3 is 10.1 Å². The van der Waals surface area contributed by atoms with Crippen LogP contribution in [-0.2, 0) is 7.05 Å². The molecular weight excluding hydrogens is 320 g/mol. The van der Waals surface area contributed by atoms with Crippen molar-refractivity contribution >= 4 is 15.9 Å². The first kappa shape index (κ1) is 15.0. The van der Waals surface area contributed by atoms with E-state index in [2.05, 4.69) is 57.5 Å². The van der Waals surface area contributed by atoms with Crippen molar-refractivity contribution in [3.8, 4) is 5.75 Å². The molecule has 108 valence electrons. The molecule has 0 aliphatic carbocycles. The average Bonchev–Trinajstić information content (AvgIpc) is 2.76. The van der Waals surface area contributed by atoms with E-state index in [4.69, 9.17) is 4.74 Å². The van der Waals surface area contributed by atoms with E-state index in [1.54, 1.807) is 11.8 Å². The third kappa shape index (κ3) is 2.86. The van der Waals surface area contributed by atoms with Crippen LogP contribution in [0.25, 0.3) is 0 Å². The summed E-state index contributed by atoms with van der Waals surface area (Å²) in [6.45, 7) is 4.96. The maximum Gasteiger partial charge on any atom is 0.153 e. The third-order valence-corrected chi connectivity index (χ3v) is 3.77. The number of benzene rings is 1. The van der Waals surface area contributed by atoms with Crippen LogP contribution in [0.2, 0.25) is 0 Å². The van der Waals surface area contributed by atoms with E-state index in [-0.39, 0.29) is 6.04 Å². The van der Waals surface area contributed by atoms with E-state index in [1.807, 2.05) is 13.1 Å². The predicted octanol–water partition coefficient (Wildman–Crippen LogP) is 2.59. The first-order valence-electron chi connectivity index (χ1n) is 6.51. The van der Waals surface area contributed by atoms with Gasteiger partial charge >= 0.3 is 0 Å². The molecule has 2 aromatic rings. The molecule has 0 amide bonds. The highest BCUT2D eigenvalue weighted by Gasteiger charge is 2.24. The van der Waals surface area contributed by atoms with Crippen LogP contribution in [0.1, 0.15) is 29.8 Å². The van der Waals surface area contributed by atoms with Gasteiger partial charge in [-0.05, 0) is 41.0 Å². The highest BCUT2D eigenvalue weighted by molar-refractivity contribution is 9.10. The second-order valence-corrected chi connectivity index (χ2v) is 5.38. The van der Waals surface area contributed by atoms with Crippen LogP contribution in [0.5, 0.6) is 5.75 Å². The lowest BCUT2D eigenvalue weighted by molar-refractivity contribution is 0.402. The number of aromatic nitrogens is 3. The molecule has 2 rings (SSSR count). The van der Waals surface area contributed by atoms with Gasteiger partial charge in [0.15, 0.2) is 4.60 Å². The lowest BCUT2D eigenvalue weighted by atomic mass is 10.0. The SMILES string of the molecule is CCNC(c1ccc(C)cc1OC)c1c(Br)nnn1C. The average molecular weight is 339 g/mol. The Hall–Kier alpha value is -1.40. The van der Waals surface area contributed by atoms with Crippen molar-refractivity contribution in [3.05, 3.63) is 39.6 Å². The Morgan fingerprint density at radius 1 is 1.45 bits per heavy atom. The van der Waals surface area contributed by atoms with Crippen LogP contribution >= 0.6 is 15.9 Å². The highest BCUT2D eigenvalue weighted by Crippen LogP contribution is 2.33. The molecule has 6 heteroatoms. The molecule has 1 N–H and O–H groups in total. The summed E-state index contributed by atoms with van der Waals surface area (Å²) in [5, 5.41) is 11.6. The summed E-state index contributed by atoms with van der Waals surface area (Å²) in [7, 11) is 3.58. The van der Waals surface area contributed by atoms with Crippen LogP contribution < -0.4 is 10.1 Å². The zero-order valence-corrected chi connectivity index (χ0v) is 13.7. The van der Waals surface area contributed by atoms with Gasteiger partial charge in [-0.15, -0.1) is 5.10 Å². The first-order valence-corrected chi connectivity index (χ1v) is 7.30. The van der Waals surface area contributed by atoms with Crippen LogP contribution in [-0.4, -0.2) is 28.6 Å². The van der Waals surface area contributed by atoms with Crippen LogP contribution in [0, 0.1) is 6.92 Å². The molecule has 1 aromatic heterocycles. The topological polar surface area (TPSA) is 52.0 Å². The number of halogens is 1. The summed E-state index contributed by atoms with van der Waals surface area (Å²) in [6, 6.07) is 6.18. The Balaban J connectivity index is 2.54. The van der Waals surface area contributed by atoms with E-state index in [1.165, 1.54) is 5.56 Å². The largest absolute Gasteiger partial charge is 0.496 e. The third-order valence-electron chi connectivity index (χ3n) is 3.21. The molecule has 5 nitrogen and oxygen atoms in total. The fourth-order valence-electron chi connectivity index (χ4n) is 2.26. The number of hydrogen-bond donors (Lipinski definition) is 1. The summed E-state index contributed by atoms with van der Waals surface area (Å²) < 4.78 is 8.04. The van der Waals surface area contributed by atoms with E-state index in [0.717, 1.165) is 28.2 Å². The standard InChI is InChI=1S/C14H19BrN4O/c1-5-16-12(13-14(15)17-18-19(13)3)10-7-6-9(2)8-11(10)20-4/h6-8,12,16H,5H2,1-4H3. The highest BCUT2D eigenvalue weighted by atomic mass is 79.9. The van der Waals surface area contributed by atoms with E-state index in [0.29, 0.717) is 0 Å². The first-order chi connectivity index (χ1) is 9.58. The van der Waals surface area contributed by atoms with Gasteiger partial charge in [0.25, 0.3) is 0 Å². The molecule has 1 aromatic carbocycles. The van der Waals surface area contributed by atoms with E-state index in [9.17, 15) is 0 Å². The molecule has 0 aliphatic heterocycles. The fourth-order valence-corrected chi connectivity index (χ4v) is 2.82. The quantitative estimate of drug-likeness (QED) is 0.910. The summed E-state index contributed by atoms with van der Waals surface area (Å²) in [5.41, 5.74) is 3.23. The maximum atomic E-state index is 5.53. The summed E-state index contributed by atoms with van der Waals surface area (Å²) in [5.74, 6) is 0.865. The minimum atomic E-state index is -0.0232. The Kier molecular flexibility index (Phi) is 4.77. The maximum absolute atomic E-state index is 5.53. The molecule has 0 saturated heterocycles. The molecule has 0 fully saturated rings. The normalized spacial score (nSPS) is 12.4. The summed E-state index contributed by atoms with van der Waals surface area (Å²) in [6.07, 6.45) is 0. The molecule has 0 spiro atoms. The van der Waals surface area contributed by atoms with Gasteiger partial charge in [0.05, 0.1) is 18.8 Å². The van der Waals surface area contributed by atoms with E-state index < -0.39 is 0 Å². The van der Waals surface area contributed by atoms with Crippen LogP contribution in [0.3, 0.4) is 0 Å². The molecule has 20 heavy (non-hydrogen) atoms. The summed E-state index contributed by atoms with van der Waals surface area (Å²) in [4.78, 5) is 0. The molecule has 1 atom stereocenters. The number of methoxy groups -OCH3 is 1. The van der Waals surface area contributed by atoms with Crippen LogP contribution in [0.15, 0.2) is 22.8 Å². The lowest BCUT2D eigenvalue weighted by Crippen LogP contribution is -2.25. The second-order valence-electron chi connectivity index (χ2n) is 4.63. The molecule has 1 unspecified atom stereocenters. The Morgan fingerprint density at radius 2 is 2.20 bits per heavy atom. The fraction of sp³-hybridized carbons (Fsp3) is 0.429. The molecule has 1 heterocycles. The predicted molar refractivity (Wildman–Crippen MR) is 82.0 cm³/mol. The number of rotatable bonds is 5. The van der Waals surface area contributed by atoms with Crippen molar-refractivity contribution in [2.45, 2.75) is 19.9 Å². The van der Waals surface area contributed by atoms with Crippen molar-refractivity contribution in [1.29, 1.82) is 0 Å². The van der Waals surface area contributed by atoms with Crippen molar-refractivity contribution < 1.29 is 4.74 Å². The number of nitrogens with zero attached hydrogens (tertiary/aromatic N) is 3. The molecule has 0 saturated carbocycles. The molecule has 0 bridgehead atoms. The number of aryl methyl sites for hydroxylation is 2. The second kappa shape index (κ2) is 6.37. The Labute approximate surface area is 127 Å². The Morgan fingerprint density at radius 3 is 2.75 bits per heavy atom. The molecular formula is C14H19BrN4O. The number of ether oxygens (including phenoxy) is 1. The van der Waals surface area contributed by atoms with Gasteiger partial charge in [-0.2, -0.15) is 0 Å². The smallest absolute Gasteiger partial charge is 0.153 e. The number of nitrogens with one attached hydrogen (secondary N) is 1. The minimum Gasteiger partial charge on any atom is -0.496 e. The van der Waals surface area contributed by atoms with Crippen molar-refractivity contribution in [2.75, 3.05) is 13.7 Å². The van der Waals surface area contributed by atoms with Gasteiger partial charge in [-0.1, -0.05) is 24.3 Å². The van der Waals surface area contributed by atoms with Crippen LogP contribution in [0.4, 0.5) is 0 Å². The van der Waals surface area contributed by atoms with E-state index >= 15 is 0 Å². The number of hydrogen-bond acceptors (Lipinski definition) is 4. The van der Waals surface area contributed by atoms with Gasteiger partial charge in [-0.25, -0.2) is 4.68 Å². The van der Waals surface area contributed by atoms with Gasteiger partial charge in [0.2, 0.25) is 0 Å². The monoisotopic (exact) mass is 338 g/mol. The van der Waals surface area contributed by atoms with Gasteiger partial charge in [-0.3, -0.25) is 0 Å². The van der Waals surface area contributed by atoms with Crippen molar-refractivity contribution in [2.24, 2.45) is 7.05 Å². The van der Waals surface area contributed by atoms with Crippen molar-refractivity contribution in [3.63, 3.8) is 0 Å². The Bertz CT molecular complexity index is 577. The van der Waals surface area contributed by atoms with Gasteiger partial charge in [0, 0.05) is 12.6 Å². The molecule has 0 radical (unpaired) electrons. The summed E-state index contributed by atoms with van der Waals surface area (Å²) >= 11 is 3.47. The zero-order valence-electron chi connectivity index (χ0n) is 12.1. The minimum absolute atomic E-state index is 0.0232.